The van der Waals surface area contributed by atoms with Gasteiger partial charge in [-0.25, -0.2) is 0 Å². The van der Waals surface area contributed by atoms with Crippen molar-refractivity contribution < 1.29 is 4.42 Å². The van der Waals surface area contributed by atoms with Crippen LogP contribution in [-0.2, 0) is 5.41 Å². The summed E-state index contributed by atoms with van der Waals surface area (Å²) >= 11 is 0. The van der Waals surface area contributed by atoms with Gasteiger partial charge in [-0.3, -0.25) is 0 Å². The molecule has 1 saturated carbocycles. The van der Waals surface area contributed by atoms with Gasteiger partial charge in [-0.05, 0) is 125 Å². The van der Waals surface area contributed by atoms with Gasteiger partial charge in [0.25, 0.3) is 6.71 Å². The Labute approximate surface area is 386 Å². The van der Waals surface area contributed by atoms with Crippen LogP contribution in [0.1, 0.15) is 50.7 Å². The molecule has 0 bridgehead atoms. The van der Waals surface area contributed by atoms with Crippen molar-refractivity contribution in [3.8, 4) is 11.1 Å². The summed E-state index contributed by atoms with van der Waals surface area (Å²) in [6, 6.07) is 69.9. The van der Waals surface area contributed by atoms with E-state index < -0.39 is 0 Å². The summed E-state index contributed by atoms with van der Waals surface area (Å²) in [7, 11) is 0. The van der Waals surface area contributed by atoms with E-state index in [0.29, 0.717) is 0 Å². The van der Waals surface area contributed by atoms with Crippen LogP contribution in [0.2, 0.25) is 0 Å². The van der Waals surface area contributed by atoms with E-state index in [4.69, 9.17) is 4.42 Å². The number of anilines is 8. The number of para-hydroxylation sites is 5. The van der Waals surface area contributed by atoms with Gasteiger partial charge in [0.05, 0.1) is 16.9 Å². The zero-order valence-corrected chi connectivity index (χ0v) is 37.6. The quantitative estimate of drug-likeness (QED) is 0.161. The average molecular weight is 850 g/mol. The van der Waals surface area contributed by atoms with Gasteiger partial charge in [-0.2, -0.15) is 0 Å². The summed E-state index contributed by atoms with van der Waals surface area (Å²) in [5, 5.41) is 4.66. The lowest BCUT2D eigenvalue weighted by atomic mass is 9.33. The number of nitrogens with zero attached hydrogens (tertiary/aromatic N) is 3. The molecule has 66 heavy (non-hydrogen) atoms. The molecule has 14 rings (SSSR count). The highest BCUT2D eigenvalue weighted by atomic mass is 16.3. The smallest absolute Gasteiger partial charge is 0.252 e. The molecule has 0 radical (unpaired) electrons. The number of hydrogen-bond acceptors (Lipinski definition) is 4. The van der Waals surface area contributed by atoms with Crippen LogP contribution in [-0.4, -0.2) is 12.3 Å². The molecule has 1 aromatic heterocycles. The third kappa shape index (κ3) is 5.00. The minimum atomic E-state index is -0.0203. The Morgan fingerprint density at radius 2 is 1.26 bits per heavy atom. The number of rotatable bonds is 5. The largest absolute Gasteiger partial charge is 0.454 e. The van der Waals surface area contributed by atoms with Crippen LogP contribution in [0.3, 0.4) is 0 Å². The van der Waals surface area contributed by atoms with Gasteiger partial charge < -0.3 is 19.1 Å². The Hall–Kier alpha value is -7.50. The maximum atomic E-state index is 6.91. The highest BCUT2D eigenvalue weighted by molar-refractivity contribution is 7.00. The van der Waals surface area contributed by atoms with Crippen molar-refractivity contribution in [2.45, 2.75) is 57.4 Å². The molecule has 4 heterocycles. The summed E-state index contributed by atoms with van der Waals surface area (Å²) in [5.41, 5.74) is 20.7. The van der Waals surface area contributed by atoms with Gasteiger partial charge in [-0.1, -0.05) is 153 Å². The first kappa shape index (κ1) is 37.8. The van der Waals surface area contributed by atoms with Crippen molar-refractivity contribution in [2.24, 2.45) is 0 Å². The molecule has 1 aliphatic carbocycles. The van der Waals surface area contributed by atoms with Crippen molar-refractivity contribution in [3.63, 3.8) is 0 Å². The maximum absolute atomic E-state index is 6.91. The number of aryl methyl sites for hydroxylation is 1. The van der Waals surface area contributed by atoms with Crippen LogP contribution in [0.4, 0.5) is 45.5 Å². The fourth-order valence-corrected chi connectivity index (χ4v) is 13.1. The topological polar surface area (TPSA) is 22.9 Å². The van der Waals surface area contributed by atoms with Crippen molar-refractivity contribution in [1.29, 1.82) is 0 Å². The van der Waals surface area contributed by atoms with Crippen LogP contribution < -0.4 is 31.1 Å². The van der Waals surface area contributed by atoms with E-state index in [1.54, 1.807) is 0 Å². The lowest BCUT2D eigenvalue weighted by molar-refractivity contribution is 0.195. The monoisotopic (exact) mass is 849 g/mol. The highest BCUT2D eigenvalue weighted by Gasteiger charge is 2.61. The van der Waals surface area contributed by atoms with E-state index in [9.17, 15) is 0 Å². The Bertz CT molecular complexity index is 3650. The average Bonchev–Trinajstić information content (AvgIpc) is 3.84. The van der Waals surface area contributed by atoms with Crippen molar-refractivity contribution >= 4 is 101 Å². The molecule has 1 fully saturated rings. The molecule has 9 aromatic carbocycles. The van der Waals surface area contributed by atoms with Gasteiger partial charge in [0.1, 0.15) is 5.58 Å². The molecule has 316 valence electrons. The SMILES string of the molecule is Cc1cc2c3c(c1)N1c4c(cccc4C4(C)CCCCC14C)B3c1ccc(N(c3ccccc3-c3cccc4ccccc34)c3cccc4c3oc3ccccc34)cc1N2c1ccccc1. The number of benzene rings is 9. The summed E-state index contributed by atoms with van der Waals surface area (Å²) in [5.74, 6) is 0. The Morgan fingerprint density at radius 1 is 0.561 bits per heavy atom. The van der Waals surface area contributed by atoms with Crippen LogP contribution in [0.25, 0.3) is 43.8 Å². The lowest BCUT2D eigenvalue weighted by Gasteiger charge is -2.52. The third-order valence-corrected chi connectivity index (χ3v) is 16.2. The maximum Gasteiger partial charge on any atom is 0.252 e. The number of hydrogen-bond donors (Lipinski definition) is 0. The van der Waals surface area contributed by atoms with Crippen LogP contribution >= 0.6 is 0 Å². The molecular weight excluding hydrogens is 802 g/mol. The van der Waals surface area contributed by atoms with Gasteiger partial charge in [0.2, 0.25) is 0 Å². The second kappa shape index (κ2) is 13.8. The van der Waals surface area contributed by atoms with E-state index in [1.165, 1.54) is 92.3 Å². The summed E-state index contributed by atoms with van der Waals surface area (Å²) in [6.07, 6.45) is 4.92. The second-order valence-corrected chi connectivity index (χ2v) is 19.6. The van der Waals surface area contributed by atoms with E-state index in [0.717, 1.165) is 50.3 Å². The summed E-state index contributed by atoms with van der Waals surface area (Å²) in [6.45, 7) is 7.49. The fraction of sp³-hybridized carbons (Fsp3) is 0.148. The third-order valence-electron chi connectivity index (χ3n) is 16.2. The van der Waals surface area contributed by atoms with Gasteiger partial charge in [0.15, 0.2) is 5.58 Å². The fourth-order valence-electron chi connectivity index (χ4n) is 13.1. The van der Waals surface area contributed by atoms with E-state index >= 15 is 0 Å². The molecule has 4 aliphatic rings. The molecule has 10 aromatic rings. The minimum absolute atomic E-state index is 0.0203. The van der Waals surface area contributed by atoms with Gasteiger partial charge in [0, 0.05) is 55.9 Å². The molecule has 2 unspecified atom stereocenters. The van der Waals surface area contributed by atoms with Crippen molar-refractivity contribution in [3.05, 3.63) is 199 Å². The highest BCUT2D eigenvalue weighted by Crippen LogP contribution is 2.62. The standard InChI is InChI=1S/C61H48BN3O/c1-39-36-54-57-55(37-39)65-58-48(60(2)34-13-14-35-61(60,65)3)27-17-28-50(58)62(57)49-33-32-42(38-53(49)63(54)41-20-5-4-6-21-41)64(52-30-16-26-47-46-24-10-12-31-56(46)66-59(47)52)51-29-11-9-23-45(51)44-25-15-19-40-18-7-8-22-43(40)44/h4-12,15-33,36-38H,13-14,34-35H2,1-3H3. The van der Waals surface area contributed by atoms with E-state index in [1.807, 2.05) is 0 Å². The Kier molecular flexibility index (Phi) is 7.89. The first-order valence-corrected chi connectivity index (χ1v) is 23.8. The van der Waals surface area contributed by atoms with Crippen molar-refractivity contribution in [1.82, 2.24) is 0 Å². The second-order valence-electron chi connectivity index (χ2n) is 19.6. The molecule has 0 spiro atoms. The summed E-state index contributed by atoms with van der Waals surface area (Å²) < 4.78 is 6.91. The number of fused-ring (bicyclic) bond motifs is 11. The van der Waals surface area contributed by atoms with Crippen LogP contribution in [0, 0.1) is 6.92 Å². The van der Waals surface area contributed by atoms with Gasteiger partial charge >= 0.3 is 0 Å². The van der Waals surface area contributed by atoms with E-state index in [2.05, 4.69) is 224 Å². The molecular formula is C61H48BN3O. The Morgan fingerprint density at radius 3 is 2.17 bits per heavy atom. The molecule has 3 aliphatic heterocycles. The van der Waals surface area contributed by atoms with Crippen molar-refractivity contribution in [2.75, 3.05) is 14.7 Å². The Balaban J connectivity index is 1.06. The molecule has 5 heteroatoms. The molecule has 0 N–H and O–H groups in total. The minimum Gasteiger partial charge on any atom is -0.454 e. The normalized spacial score (nSPS) is 18.9. The van der Waals surface area contributed by atoms with Gasteiger partial charge in [-0.15, -0.1) is 0 Å². The molecule has 4 nitrogen and oxygen atoms in total. The summed E-state index contributed by atoms with van der Waals surface area (Å²) in [4.78, 5) is 7.84. The lowest BCUT2D eigenvalue weighted by Crippen LogP contribution is -2.64. The number of furan rings is 1. The molecule has 0 amide bonds. The molecule has 2 atom stereocenters. The predicted octanol–water partition coefficient (Wildman–Crippen LogP) is 14.5. The zero-order valence-electron chi connectivity index (χ0n) is 37.6. The predicted molar refractivity (Wildman–Crippen MR) is 278 cm³/mol. The zero-order chi connectivity index (χ0) is 43.9. The molecule has 0 saturated heterocycles. The van der Waals surface area contributed by atoms with Crippen LogP contribution in [0.5, 0.6) is 0 Å². The first-order chi connectivity index (χ1) is 32.4. The van der Waals surface area contributed by atoms with E-state index in [-0.39, 0.29) is 17.7 Å². The van der Waals surface area contributed by atoms with Crippen LogP contribution in [0.15, 0.2) is 192 Å². The first-order valence-electron chi connectivity index (χ1n) is 23.8.